The van der Waals surface area contributed by atoms with E-state index in [1.54, 1.807) is 20.8 Å². The van der Waals surface area contributed by atoms with Crippen LogP contribution in [0.25, 0.3) is 0 Å². The summed E-state index contributed by atoms with van der Waals surface area (Å²) >= 11 is 1.35. The van der Waals surface area contributed by atoms with Crippen molar-refractivity contribution in [1.29, 1.82) is 0 Å². The smallest absolute Gasteiger partial charge is 0.394 e. The number of hydrogen-bond acceptors (Lipinski definition) is 4. The number of nitrogens with zero attached hydrogens (tertiary/aromatic N) is 2. The fraction of sp³-hybridized carbons (Fsp3) is 0.800. The topological polar surface area (TPSA) is 77.9 Å². The molecule has 0 aliphatic carbocycles. The highest BCUT2D eigenvalue weighted by molar-refractivity contribution is 7.99. The number of carbonyl (C=O) groups excluding carboxylic acids is 2. The largest absolute Gasteiger partial charge is 0.481 e. The summed E-state index contributed by atoms with van der Waals surface area (Å²) in [4.78, 5) is 38.6. The van der Waals surface area contributed by atoms with Gasteiger partial charge >= 0.3 is 12.1 Å². The van der Waals surface area contributed by atoms with E-state index in [1.165, 1.54) is 16.7 Å². The lowest BCUT2D eigenvalue weighted by Gasteiger charge is -2.31. The highest BCUT2D eigenvalue weighted by Crippen LogP contribution is 2.39. The van der Waals surface area contributed by atoms with Gasteiger partial charge in [-0.25, -0.2) is 0 Å². The maximum atomic E-state index is 13.1. The highest BCUT2D eigenvalue weighted by Gasteiger charge is 2.54. The average molecular weight is 382 g/mol. The van der Waals surface area contributed by atoms with Crippen LogP contribution in [0.4, 0.5) is 13.2 Å². The van der Waals surface area contributed by atoms with Crippen LogP contribution < -0.4 is 0 Å². The van der Waals surface area contributed by atoms with E-state index in [2.05, 4.69) is 0 Å². The molecule has 0 spiro atoms. The Balaban J connectivity index is 2.17. The summed E-state index contributed by atoms with van der Waals surface area (Å²) in [5.74, 6) is -5.60. The van der Waals surface area contributed by atoms with E-state index in [9.17, 15) is 27.6 Å². The van der Waals surface area contributed by atoms with Crippen molar-refractivity contribution in [1.82, 2.24) is 9.80 Å². The summed E-state index contributed by atoms with van der Waals surface area (Å²) in [7, 11) is 0. The zero-order chi connectivity index (χ0) is 19.2. The molecular weight excluding hydrogens is 361 g/mol. The van der Waals surface area contributed by atoms with Crippen LogP contribution >= 0.6 is 11.8 Å². The first-order chi connectivity index (χ1) is 11.3. The van der Waals surface area contributed by atoms with Gasteiger partial charge in [0, 0.05) is 24.3 Å². The summed E-state index contributed by atoms with van der Waals surface area (Å²) < 4.78 is 39.2. The maximum Gasteiger partial charge on any atom is 0.394 e. The summed E-state index contributed by atoms with van der Waals surface area (Å²) in [6, 6.07) is -0.849. The minimum Gasteiger partial charge on any atom is -0.481 e. The summed E-state index contributed by atoms with van der Waals surface area (Å²) in [6.07, 6.45) is -4.69. The number of thioether (sulfide) groups is 1. The van der Waals surface area contributed by atoms with Gasteiger partial charge in [-0.15, -0.1) is 11.8 Å². The first kappa shape index (κ1) is 19.9. The number of likely N-dealkylation sites (tertiary alicyclic amines) is 1. The fourth-order valence-corrected chi connectivity index (χ4v) is 4.20. The first-order valence-electron chi connectivity index (χ1n) is 7.81. The van der Waals surface area contributed by atoms with Crippen molar-refractivity contribution in [3.05, 3.63) is 0 Å². The molecule has 6 nitrogen and oxygen atoms in total. The van der Waals surface area contributed by atoms with Crippen molar-refractivity contribution in [2.45, 2.75) is 33.0 Å². The lowest BCUT2D eigenvalue weighted by atomic mass is 9.94. The molecule has 2 aliphatic heterocycles. The van der Waals surface area contributed by atoms with Gasteiger partial charge in [-0.1, -0.05) is 20.8 Å². The number of hydrogen-bond donors (Lipinski definition) is 1. The molecule has 3 atom stereocenters. The second-order valence-corrected chi connectivity index (χ2v) is 8.38. The van der Waals surface area contributed by atoms with Gasteiger partial charge in [0.25, 0.3) is 0 Å². The van der Waals surface area contributed by atoms with Crippen LogP contribution in [0.15, 0.2) is 0 Å². The molecule has 2 amide bonds. The number of halogens is 3. The molecule has 25 heavy (non-hydrogen) atoms. The maximum absolute atomic E-state index is 13.1. The van der Waals surface area contributed by atoms with Gasteiger partial charge in [0.15, 0.2) is 0 Å². The van der Waals surface area contributed by atoms with E-state index in [-0.39, 0.29) is 5.91 Å². The first-order valence-corrected chi connectivity index (χ1v) is 8.96. The Bertz CT molecular complexity index is 576. The number of rotatable bonds is 2. The Morgan fingerprint density at radius 3 is 2.16 bits per heavy atom. The Kier molecular flexibility index (Phi) is 5.32. The third-order valence-corrected chi connectivity index (χ3v) is 5.45. The van der Waals surface area contributed by atoms with Crippen molar-refractivity contribution in [3.63, 3.8) is 0 Å². The monoisotopic (exact) mass is 382 g/mol. The van der Waals surface area contributed by atoms with Gasteiger partial charge in [-0.05, 0) is 0 Å². The number of aliphatic carboxylic acids is 1. The van der Waals surface area contributed by atoms with Crippen molar-refractivity contribution in [2.75, 3.05) is 24.7 Å². The van der Waals surface area contributed by atoms with Crippen LogP contribution in [0.2, 0.25) is 0 Å². The molecule has 2 fully saturated rings. The normalized spacial score (nSPS) is 27.7. The van der Waals surface area contributed by atoms with E-state index >= 15 is 0 Å². The lowest BCUT2D eigenvalue weighted by molar-refractivity contribution is -0.188. The summed E-state index contributed by atoms with van der Waals surface area (Å²) in [5.41, 5.74) is -0.716. The number of carboxylic acids is 1. The van der Waals surface area contributed by atoms with Gasteiger partial charge in [0.1, 0.15) is 6.04 Å². The second-order valence-electron chi connectivity index (χ2n) is 7.38. The van der Waals surface area contributed by atoms with Crippen LogP contribution in [0, 0.1) is 17.3 Å². The standard InChI is InChI=1S/C15H21F3N2O4S/c1-14(2,3)13(24)20-7-25-6-10(20)11(21)19-4-8(12(22)23)9(5-19)15(16,17)18/h8-10H,4-7H2,1-3H3,(H,22,23)/t8-,9-,10?/m1/s1. The predicted octanol–water partition coefficient (Wildman–Crippen LogP) is 1.66. The molecule has 10 heteroatoms. The van der Waals surface area contributed by atoms with Gasteiger partial charge < -0.3 is 14.9 Å². The Hall–Kier alpha value is -1.45. The van der Waals surface area contributed by atoms with Crippen molar-refractivity contribution in [3.8, 4) is 0 Å². The van der Waals surface area contributed by atoms with Crippen LogP contribution in [0.1, 0.15) is 20.8 Å². The quantitative estimate of drug-likeness (QED) is 0.786. The van der Waals surface area contributed by atoms with E-state index in [0.29, 0.717) is 11.6 Å². The molecule has 2 saturated heterocycles. The zero-order valence-corrected chi connectivity index (χ0v) is 15.0. The third kappa shape index (κ3) is 4.04. The second kappa shape index (κ2) is 6.69. The molecule has 0 saturated carbocycles. The van der Waals surface area contributed by atoms with Gasteiger partial charge in [0.2, 0.25) is 11.8 Å². The van der Waals surface area contributed by atoms with Crippen LogP contribution in [-0.2, 0) is 14.4 Å². The van der Waals surface area contributed by atoms with Crippen molar-refractivity contribution in [2.24, 2.45) is 17.3 Å². The van der Waals surface area contributed by atoms with E-state index in [0.717, 1.165) is 4.90 Å². The molecule has 1 N–H and O–H groups in total. The Morgan fingerprint density at radius 2 is 1.72 bits per heavy atom. The van der Waals surface area contributed by atoms with Crippen molar-refractivity contribution >= 4 is 29.5 Å². The molecule has 2 rings (SSSR count). The molecule has 0 radical (unpaired) electrons. The molecule has 0 aromatic heterocycles. The fourth-order valence-electron chi connectivity index (χ4n) is 3.05. The molecular formula is C15H21F3N2O4S. The number of amides is 2. The molecule has 1 unspecified atom stereocenters. The van der Waals surface area contributed by atoms with E-state index in [1.807, 2.05) is 0 Å². The van der Waals surface area contributed by atoms with Crippen LogP contribution in [0.3, 0.4) is 0 Å². The molecule has 0 bridgehead atoms. The summed E-state index contributed by atoms with van der Waals surface area (Å²) in [5, 5.41) is 9.05. The van der Waals surface area contributed by atoms with Crippen molar-refractivity contribution < 1.29 is 32.7 Å². The number of carbonyl (C=O) groups is 3. The highest BCUT2D eigenvalue weighted by atomic mass is 32.2. The van der Waals surface area contributed by atoms with E-state index in [4.69, 9.17) is 5.11 Å². The molecule has 2 heterocycles. The number of carboxylic acid groups (broad SMARTS) is 1. The average Bonchev–Trinajstić information content (AvgIpc) is 3.11. The SMILES string of the molecule is CC(C)(C)C(=O)N1CSCC1C(=O)N1C[C@@H](C(F)(F)F)[C@H](C(=O)O)C1. The Labute approximate surface area is 147 Å². The predicted molar refractivity (Wildman–Crippen MR) is 84.7 cm³/mol. The van der Waals surface area contributed by atoms with Gasteiger partial charge in [-0.2, -0.15) is 13.2 Å². The van der Waals surface area contributed by atoms with Gasteiger partial charge in [0.05, 0.1) is 17.7 Å². The molecule has 0 aromatic carbocycles. The summed E-state index contributed by atoms with van der Waals surface area (Å²) in [6.45, 7) is 3.94. The molecule has 2 aliphatic rings. The lowest BCUT2D eigenvalue weighted by Crippen LogP contribution is -2.51. The molecule has 142 valence electrons. The van der Waals surface area contributed by atoms with Crippen LogP contribution in [-0.4, -0.2) is 69.6 Å². The van der Waals surface area contributed by atoms with E-state index < -0.39 is 54.4 Å². The van der Waals surface area contributed by atoms with Gasteiger partial charge in [-0.3, -0.25) is 14.4 Å². The zero-order valence-electron chi connectivity index (χ0n) is 14.2. The van der Waals surface area contributed by atoms with Crippen LogP contribution in [0.5, 0.6) is 0 Å². The Morgan fingerprint density at radius 1 is 1.12 bits per heavy atom. The minimum atomic E-state index is -4.69. The third-order valence-electron chi connectivity index (χ3n) is 4.44. The molecule has 0 aromatic rings. The number of alkyl halides is 3. The minimum absolute atomic E-state index is 0.253.